The maximum absolute atomic E-state index is 12.8. The van der Waals surface area contributed by atoms with Crippen molar-refractivity contribution in [1.29, 1.82) is 0 Å². The Labute approximate surface area is 69.4 Å². The van der Waals surface area contributed by atoms with Crippen molar-refractivity contribution < 1.29 is 9.50 Å². The predicted octanol–water partition coefficient (Wildman–Crippen LogP) is 2.53. The predicted molar refractivity (Wildman–Crippen MR) is 42.0 cm³/mol. The zero-order valence-corrected chi connectivity index (χ0v) is 6.77. The molecule has 0 unspecified atom stereocenters. The van der Waals surface area contributed by atoms with Crippen molar-refractivity contribution >= 4 is 11.6 Å². The highest BCUT2D eigenvalue weighted by Crippen LogP contribution is 2.20. The molecule has 1 rings (SSSR count). The van der Waals surface area contributed by atoms with Crippen molar-refractivity contribution in [2.45, 2.75) is 13.0 Å². The molecule has 0 radical (unpaired) electrons. The Balaban J connectivity index is 3.13. The van der Waals surface area contributed by atoms with Crippen LogP contribution in [0.4, 0.5) is 4.39 Å². The Morgan fingerprint density at radius 2 is 2.18 bits per heavy atom. The molecule has 0 heterocycles. The molecule has 60 valence electrons. The van der Waals surface area contributed by atoms with E-state index in [1.807, 2.05) is 0 Å². The van der Waals surface area contributed by atoms with Crippen LogP contribution in [-0.4, -0.2) is 5.11 Å². The molecule has 0 aliphatic rings. The van der Waals surface area contributed by atoms with Crippen molar-refractivity contribution in [1.82, 2.24) is 0 Å². The molecule has 11 heavy (non-hydrogen) atoms. The van der Waals surface area contributed by atoms with E-state index in [4.69, 9.17) is 16.7 Å². The number of hydrogen-bond donors (Lipinski definition) is 1. The number of aliphatic hydroxyl groups excluding tert-OH is 1. The summed E-state index contributed by atoms with van der Waals surface area (Å²) in [5.74, 6) is -0.426. The normalized spacial score (nSPS) is 13.1. The summed E-state index contributed by atoms with van der Waals surface area (Å²) in [6, 6.07) is 4.11. The first-order chi connectivity index (χ1) is 5.11. The summed E-state index contributed by atoms with van der Waals surface area (Å²) in [7, 11) is 0. The fourth-order valence-electron chi connectivity index (χ4n) is 0.835. The van der Waals surface area contributed by atoms with E-state index in [-0.39, 0.29) is 5.56 Å². The zero-order valence-electron chi connectivity index (χ0n) is 6.01. The molecule has 0 saturated heterocycles. The zero-order chi connectivity index (χ0) is 8.43. The van der Waals surface area contributed by atoms with Crippen LogP contribution >= 0.6 is 11.6 Å². The van der Waals surface area contributed by atoms with Gasteiger partial charge in [-0.1, -0.05) is 11.6 Å². The van der Waals surface area contributed by atoms with Crippen LogP contribution in [0.15, 0.2) is 18.2 Å². The number of halogens is 2. The highest BCUT2D eigenvalue weighted by atomic mass is 35.5. The monoisotopic (exact) mass is 174 g/mol. The Morgan fingerprint density at radius 1 is 1.55 bits per heavy atom. The molecular weight excluding hydrogens is 167 g/mol. The van der Waals surface area contributed by atoms with Crippen molar-refractivity contribution in [3.05, 3.63) is 34.6 Å². The fourth-order valence-corrected chi connectivity index (χ4v) is 1.02. The molecule has 3 heteroatoms. The topological polar surface area (TPSA) is 20.2 Å². The van der Waals surface area contributed by atoms with Crippen LogP contribution in [-0.2, 0) is 0 Å². The van der Waals surface area contributed by atoms with Gasteiger partial charge in [-0.05, 0) is 25.1 Å². The summed E-state index contributed by atoms with van der Waals surface area (Å²) in [6.45, 7) is 1.49. The maximum Gasteiger partial charge on any atom is 0.129 e. The quantitative estimate of drug-likeness (QED) is 0.694. The van der Waals surface area contributed by atoms with E-state index in [0.717, 1.165) is 0 Å². The summed E-state index contributed by atoms with van der Waals surface area (Å²) in [5, 5.41) is 9.46. The van der Waals surface area contributed by atoms with Gasteiger partial charge in [-0.3, -0.25) is 0 Å². The molecule has 1 aromatic rings. The van der Waals surface area contributed by atoms with E-state index in [2.05, 4.69) is 0 Å². The van der Waals surface area contributed by atoms with Gasteiger partial charge in [0.1, 0.15) is 5.82 Å². The summed E-state index contributed by atoms with van der Waals surface area (Å²) in [4.78, 5) is 0. The van der Waals surface area contributed by atoms with E-state index in [1.54, 1.807) is 0 Å². The van der Waals surface area contributed by atoms with Crippen LogP contribution in [0.1, 0.15) is 18.6 Å². The first kappa shape index (κ1) is 8.50. The van der Waals surface area contributed by atoms with Crippen molar-refractivity contribution in [3.63, 3.8) is 0 Å². The van der Waals surface area contributed by atoms with Crippen molar-refractivity contribution in [2.24, 2.45) is 0 Å². The van der Waals surface area contributed by atoms with Gasteiger partial charge < -0.3 is 5.11 Å². The fraction of sp³-hybridized carbons (Fsp3) is 0.250. The molecule has 1 atom stereocenters. The van der Waals surface area contributed by atoms with Gasteiger partial charge in [0, 0.05) is 10.6 Å². The molecule has 0 spiro atoms. The highest BCUT2D eigenvalue weighted by Gasteiger charge is 2.07. The molecular formula is C8H8ClFO. The van der Waals surface area contributed by atoms with Crippen molar-refractivity contribution in [3.8, 4) is 0 Å². The molecule has 0 amide bonds. The Hall–Kier alpha value is -0.600. The summed E-state index contributed by atoms with van der Waals surface area (Å²) in [5.41, 5.74) is 0.234. The number of aliphatic hydroxyl groups is 1. The molecule has 0 bridgehead atoms. The minimum absolute atomic E-state index is 0.234. The second-order valence-electron chi connectivity index (χ2n) is 2.34. The average Bonchev–Trinajstić information content (AvgIpc) is 1.94. The van der Waals surface area contributed by atoms with Gasteiger partial charge in [0.15, 0.2) is 0 Å². The van der Waals surface area contributed by atoms with Crippen molar-refractivity contribution in [2.75, 3.05) is 0 Å². The summed E-state index contributed by atoms with van der Waals surface area (Å²) < 4.78 is 12.8. The molecule has 1 nitrogen and oxygen atoms in total. The third kappa shape index (κ3) is 1.91. The Bertz CT molecular complexity index is 260. The summed E-state index contributed by atoms with van der Waals surface area (Å²) in [6.07, 6.45) is -0.811. The molecule has 0 saturated carbocycles. The van der Waals surface area contributed by atoms with Gasteiger partial charge in [-0.25, -0.2) is 4.39 Å². The van der Waals surface area contributed by atoms with Crippen LogP contribution in [0.25, 0.3) is 0 Å². The minimum Gasteiger partial charge on any atom is -0.389 e. The largest absolute Gasteiger partial charge is 0.389 e. The number of hydrogen-bond acceptors (Lipinski definition) is 1. The van der Waals surface area contributed by atoms with Crippen LogP contribution in [0.2, 0.25) is 5.02 Å². The van der Waals surface area contributed by atoms with E-state index in [1.165, 1.54) is 25.1 Å². The van der Waals surface area contributed by atoms with Crippen LogP contribution < -0.4 is 0 Å². The molecule has 0 fully saturated rings. The van der Waals surface area contributed by atoms with Crippen LogP contribution in [0, 0.1) is 5.82 Å². The molecule has 0 aliphatic carbocycles. The Morgan fingerprint density at radius 3 is 2.64 bits per heavy atom. The van der Waals surface area contributed by atoms with Gasteiger partial charge >= 0.3 is 0 Å². The smallest absolute Gasteiger partial charge is 0.129 e. The molecule has 1 N–H and O–H groups in total. The summed E-state index contributed by atoms with van der Waals surface area (Å²) >= 11 is 5.58. The van der Waals surface area contributed by atoms with Gasteiger partial charge in [-0.2, -0.15) is 0 Å². The first-order valence-electron chi connectivity index (χ1n) is 3.24. The van der Waals surface area contributed by atoms with Gasteiger partial charge in [0.05, 0.1) is 6.10 Å². The minimum atomic E-state index is -0.811. The second-order valence-corrected chi connectivity index (χ2v) is 2.78. The number of benzene rings is 1. The van der Waals surface area contributed by atoms with E-state index < -0.39 is 11.9 Å². The third-order valence-corrected chi connectivity index (χ3v) is 1.64. The first-order valence-corrected chi connectivity index (χ1v) is 3.62. The van der Waals surface area contributed by atoms with E-state index in [9.17, 15) is 4.39 Å². The van der Waals surface area contributed by atoms with E-state index in [0.29, 0.717) is 5.02 Å². The standard InChI is InChI=1S/C8H8ClFO/c1-5(11)7-4-6(9)2-3-8(7)10/h2-5,11H,1H3/t5-/m1/s1. The highest BCUT2D eigenvalue weighted by molar-refractivity contribution is 6.30. The number of rotatable bonds is 1. The average molecular weight is 175 g/mol. The SMILES string of the molecule is C[C@@H](O)c1cc(Cl)ccc1F. The van der Waals surface area contributed by atoms with Gasteiger partial charge in [0.25, 0.3) is 0 Å². The maximum atomic E-state index is 12.8. The lowest BCUT2D eigenvalue weighted by Crippen LogP contribution is -1.94. The van der Waals surface area contributed by atoms with Crippen LogP contribution in [0.5, 0.6) is 0 Å². The molecule has 0 aromatic heterocycles. The molecule has 0 aliphatic heterocycles. The Kier molecular flexibility index (Phi) is 2.47. The van der Waals surface area contributed by atoms with Gasteiger partial charge in [0.2, 0.25) is 0 Å². The van der Waals surface area contributed by atoms with Crippen LogP contribution in [0.3, 0.4) is 0 Å². The molecule has 1 aromatic carbocycles. The lowest BCUT2D eigenvalue weighted by molar-refractivity contribution is 0.194. The third-order valence-electron chi connectivity index (χ3n) is 1.41. The van der Waals surface area contributed by atoms with Gasteiger partial charge in [-0.15, -0.1) is 0 Å². The van der Waals surface area contributed by atoms with E-state index >= 15 is 0 Å². The second kappa shape index (κ2) is 3.20. The lowest BCUT2D eigenvalue weighted by atomic mass is 10.1. The lowest BCUT2D eigenvalue weighted by Gasteiger charge is -2.05.